The second-order valence-electron chi connectivity index (χ2n) is 5.13. The van der Waals surface area contributed by atoms with E-state index in [-0.39, 0.29) is 11.3 Å². The topological polar surface area (TPSA) is 106 Å². The number of anilines is 1. The minimum absolute atomic E-state index is 0.192. The Bertz CT molecular complexity index is 1000. The van der Waals surface area contributed by atoms with Gasteiger partial charge in [0.2, 0.25) is 0 Å². The molecule has 1 aliphatic rings. The van der Waals surface area contributed by atoms with Gasteiger partial charge in [-0.25, -0.2) is 18.0 Å². The van der Waals surface area contributed by atoms with Crippen molar-refractivity contribution in [3.05, 3.63) is 34.4 Å². The van der Waals surface area contributed by atoms with E-state index in [9.17, 15) is 18.0 Å². The van der Waals surface area contributed by atoms with Crippen molar-refractivity contribution in [2.45, 2.75) is 0 Å². The zero-order valence-corrected chi connectivity index (χ0v) is 13.9. The van der Waals surface area contributed by atoms with Crippen LogP contribution in [0.5, 0.6) is 0 Å². The molecule has 1 aliphatic heterocycles. The van der Waals surface area contributed by atoms with Gasteiger partial charge in [-0.05, 0) is 18.2 Å². The molecule has 3 rings (SSSR count). The molecule has 0 amide bonds. The molecule has 0 fully saturated rings. The molecule has 0 bridgehead atoms. The van der Waals surface area contributed by atoms with Crippen LogP contribution in [0.3, 0.4) is 0 Å². The van der Waals surface area contributed by atoms with Crippen LogP contribution in [-0.2, 0) is 24.3 Å². The Morgan fingerprint density at radius 2 is 1.79 bits per heavy atom. The number of ether oxygens (including phenoxy) is 2. The first-order valence-electron chi connectivity index (χ1n) is 6.83. The maximum atomic E-state index is 12.7. The number of aromatic amines is 1. The van der Waals surface area contributed by atoms with E-state index in [0.717, 1.165) is 11.4 Å². The average molecular weight is 350 g/mol. The fourth-order valence-corrected chi connectivity index (χ4v) is 3.89. The molecule has 0 radical (unpaired) electrons. The first kappa shape index (κ1) is 16.1. The summed E-state index contributed by atoms with van der Waals surface area (Å²) in [6.45, 7) is 0. The summed E-state index contributed by atoms with van der Waals surface area (Å²) in [6, 6.07) is 2.97. The number of aromatic nitrogens is 1. The lowest BCUT2D eigenvalue weighted by Gasteiger charge is -2.20. The van der Waals surface area contributed by atoms with E-state index in [0.29, 0.717) is 16.5 Å². The fraction of sp³-hybridized carbons (Fsp3) is 0.200. The standard InChI is InChI=1S/C15H14N2O6S/c1-17-11-5-8(14(18)22-2)4-10-13(11)9(7-16-10)6-12(15(19)23-3)24(17,20)21/h4-7,16H,1-3H3. The Morgan fingerprint density at radius 3 is 2.42 bits per heavy atom. The lowest BCUT2D eigenvalue weighted by atomic mass is 10.1. The molecular formula is C15H14N2O6S. The van der Waals surface area contributed by atoms with Crippen LogP contribution in [0.4, 0.5) is 5.69 Å². The Labute approximate surface area is 137 Å². The zero-order chi connectivity index (χ0) is 17.6. The Kier molecular flexibility index (Phi) is 3.60. The van der Waals surface area contributed by atoms with Crippen molar-refractivity contribution in [2.24, 2.45) is 0 Å². The molecule has 0 saturated heterocycles. The van der Waals surface area contributed by atoms with Gasteiger partial charge in [-0.2, -0.15) is 0 Å². The predicted molar refractivity (Wildman–Crippen MR) is 87.0 cm³/mol. The number of nitrogens with one attached hydrogen (secondary N) is 1. The third kappa shape index (κ3) is 2.16. The van der Waals surface area contributed by atoms with Crippen molar-refractivity contribution in [3.8, 4) is 0 Å². The number of nitrogens with zero attached hydrogens (tertiary/aromatic N) is 1. The van der Waals surface area contributed by atoms with E-state index in [1.807, 2.05) is 0 Å². The molecule has 0 spiro atoms. The molecule has 126 valence electrons. The highest BCUT2D eigenvalue weighted by Gasteiger charge is 2.35. The smallest absolute Gasteiger partial charge is 0.351 e. The summed E-state index contributed by atoms with van der Waals surface area (Å²) in [4.78, 5) is 26.2. The van der Waals surface area contributed by atoms with Crippen molar-refractivity contribution in [2.75, 3.05) is 25.6 Å². The summed E-state index contributed by atoms with van der Waals surface area (Å²) < 4.78 is 35.7. The molecule has 1 N–H and O–H groups in total. The third-order valence-electron chi connectivity index (χ3n) is 3.86. The molecule has 0 unspecified atom stereocenters. The van der Waals surface area contributed by atoms with Gasteiger partial charge >= 0.3 is 11.9 Å². The SMILES string of the molecule is COC(=O)C1=Cc2c[nH]c3cc(C(=O)OC)cc(c23)N(C)S1(=O)=O. The number of esters is 2. The third-order valence-corrected chi connectivity index (χ3v) is 5.62. The molecular weight excluding hydrogens is 336 g/mol. The van der Waals surface area contributed by atoms with Crippen molar-refractivity contribution in [3.63, 3.8) is 0 Å². The lowest BCUT2D eigenvalue weighted by Crippen LogP contribution is -2.30. The van der Waals surface area contributed by atoms with Gasteiger partial charge in [0.25, 0.3) is 10.0 Å². The number of benzene rings is 1. The van der Waals surface area contributed by atoms with Gasteiger partial charge in [-0.3, -0.25) is 4.31 Å². The van der Waals surface area contributed by atoms with E-state index in [1.165, 1.54) is 26.3 Å². The summed E-state index contributed by atoms with van der Waals surface area (Å²) in [7, 11) is -0.472. The molecule has 8 nitrogen and oxygen atoms in total. The molecule has 9 heteroatoms. The van der Waals surface area contributed by atoms with Crippen LogP contribution < -0.4 is 4.31 Å². The molecule has 1 aromatic carbocycles. The lowest BCUT2D eigenvalue weighted by molar-refractivity contribution is -0.135. The van der Waals surface area contributed by atoms with Crippen molar-refractivity contribution < 1.29 is 27.5 Å². The maximum absolute atomic E-state index is 12.7. The Morgan fingerprint density at radius 1 is 1.12 bits per heavy atom. The van der Waals surface area contributed by atoms with E-state index in [4.69, 9.17) is 4.74 Å². The number of carbonyl (C=O) groups excluding carboxylic acids is 2. The van der Waals surface area contributed by atoms with E-state index >= 15 is 0 Å². The molecule has 1 aromatic heterocycles. The summed E-state index contributed by atoms with van der Waals surface area (Å²) in [5.74, 6) is -1.56. The highest BCUT2D eigenvalue weighted by Crippen LogP contribution is 2.38. The van der Waals surface area contributed by atoms with Crippen molar-refractivity contribution in [1.82, 2.24) is 4.98 Å². The average Bonchev–Trinajstić information content (AvgIpc) is 2.95. The molecule has 0 atom stereocenters. The van der Waals surface area contributed by atoms with Gasteiger partial charge in [-0.15, -0.1) is 0 Å². The molecule has 2 heterocycles. The normalized spacial score (nSPS) is 15.6. The van der Waals surface area contributed by atoms with E-state index in [1.54, 1.807) is 12.3 Å². The van der Waals surface area contributed by atoms with E-state index < -0.39 is 26.9 Å². The predicted octanol–water partition coefficient (Wildman–Crippen LogP) is 1.25. The second-order valence-corrected chi connectivity index (χ2v) is 7.06. The van der Waals surface area contributed by atoms with Crippen LogP contribution >= 0.6 is 0 Å². The van der Waals surface area contributed by atoms with Crippen LogP contribution in [0.25, 0.3) is 17.0 Å². The van der Waals surface area contributed by atoms with Crippen LogP contribution in [0.2, 0.25) is 0 Å². The van der Waals surface area contributed by atoms with Crippen LogP contribution in [0.15, 0.2) is 23.2 Å². The summed E-state index contributed by atoms with van der Waals surface area (Å²) in [5, 5.41) is 0.577. The number of hydrogen-bond acceptors (Lipinski definition) is 6. The second kappa shape index (κ2) is 5.38. The van der Waals surface area contributed by atoms with Gasteiger partial charge in [0.15, 0.2) is 4.91 Å². The number of methoxy groups -OCH3 is 2. The van der Waals surface area contributed by atoms with Gasteiger partial charge in [0.05, 0.1) is 25.5 Å². The summed E-state index contributed by atoms with van der Waals surface area (Å²) >= 11 is 0. The number of hydrogen-bond donors (Lipinski definition) is 1. The molecule has 0 saturated carbocycles. The Hall–Kier alpha value is -2.81. The molecule has 24 heavy (non-hydrogen) atoms. The van der Waals surface area contributed by atoms with Gasteiger partial charge in [-0.1, -0.05) is 0 Å². The van der Waals surface area contributed by atoms with Gasteiger partial charge < -0.3 is 14.5 Å². The fourth-order valence-electron chi connectivity index (χ4n) is 2.63. The summed E-state index contributed by atoms with van der Waals surface area (Å²) in [5.41, 5.74) is 1.51. The first-order chi connectivity index (χ1) is 11.3. The van der Waals surface area contributed by atoms with Crippen molar-refractivity contribution >= 4 is 44.6 Å². The minimum atomic E-state index is -4.13. The largest absolute Gasteiger partial charge is 0.465 e. The molecule has 2 aromatic rings. The summed E-state index contributed by atoms with van der Waals surface area (Å²) in [6.07, 6.45) is 2.82. The van der Waals surface area contributed by atoms with Crippen molar-refractivity contribution in [1.29, 1.82) is 0 Å². The minimum Gasteiger partial charge on any atom is -0.465 e. The number of H-pyrrole nitrogens is 1. The highest BCUT2D eigenvalue weighted by atomic mass is 32.2. The van der Waals surface area contributed by atoms with Gasteiger partial charge in [0.1, 0.15) is 0 Å². The molecule has 0 aliphatic carbocycles. The number of rotatable bonds is 2. The van der Waals surface area contributed by atoms with Gasteiger partial charge in [0, 0.05) is 29.7 Å². The van der Waals surface area contributed by atoms with Crippen LogP contribution in [-0.4, -0.2) is 46.6 Å². The monoisotopic (exact) mass is 350 g/mol. The van der Waals surface area contributed by atoms with E-state index in [2.05, 4.69) is 9.72 Å². The Balaban J connectivity index is 2.37. The van der Waals surface area contributed by atoms with Crippen LogP contribution in [0.1, 0.15) is 15.9 Å². The first-order valence-corrected chi connectivity index (χ1v) is 8.27. The quantitative estimate of drug-likeness (QED) is 0.817. The van der Waals surface area contributed by atoms with Crippen LogP contribution in [0, 0.1) is 0 Å². The maximum Gasteiger partial charge on any atom is 0.351 e. The number of sulfonamides is 1. The highest BCUT2D eigenvalue weighted by molar-refractivity contribution is 7.97. The number of carbonyl (C=O) groups is 2. The zero-order valence-electron chi connectivity index (χ0n) is 13.1.